The highest BCUT2D eigenvalue weighted by Gasteiger charge is 2.29. The summed E-state index contributed by atoms with van der Waals surface area (Å²) in [5.41, 5.74) is 1.50. The molecule has 11 heteroatoms. The molecule has 2 N–H and O–H groups in total. The molecular weight excluding hydrogens is 444 g/mol. The van der Waals surface area contributed by atoms with Crippen molar-refractivity contribution in [2.75, 3.05) is 17.2 Å². The van der Waals surface area contributed by atoms with Gasteiger partial charge in [0, 0.05) is 11.3 Å². The molecule has 30 heavy (non-hydrogen) atoms. The molecule has 162 valence electrons. The molecule has 0 radical (unpaired) electrons. The van der Waals surface area contributed by atoms with Crippen molar-refractivity contribution in [2.24, 2.45) is 0 Å². The molecule has 8 nitrogen and oxygen atoms in total. The number of ether oxygens (including phenoxy) is 1. The SMILES string of the molecule is CCCC(=O)Nc1nnc(SC(C)C(=O)Nc2sc3c(c2C(=O)OCC)CCC3)s1. The Labute approximate surface area is 187 Å². The van der Waals surface area contributed by atoms with Gasteiger partial charge in [-0.05, 0) is 45.1 Å². The first-order valence-corrected chi connectivity index (χ1v) is 12.4. The van der Waals surface area contributed by atoms with Gasteiger partial charge in [-0.3, -0.25) is 9.59 Å². The topological polar surface area (TPSA) is 110 Å². The molecule has 0 saturated heterocycles. The smallest absolute Gasteiger partial charge is 0.341 e. The molecule has 0 spiro atoms. The second-order valence-electron chi connectivity index (χ2n) is 6.70. The first kappa shape index (κ1) is 22.7. The van der Waals surface area contributed by atoms with E-state index < -0.39 is 5.25 Å². The number of anilines is 2. The van der Waals surface area contributed by atoms with Crippen molar-refractivity contribution >= 4 is 62.4 Å². The number of thiophene rings is 1. The van der Waals surface area contributed by atoms with Gasteiger partial charge in [0.1, 0.15) is 5.00 Å². The highest BCUT2D eigenvalue weighted by atomic mass is 32.2. The average molecular weight is 469 g/mol. The highest BCUT2D eigenvalue weighted by Crippen LogP contribution is 2.40. The Balaban J connectivity index is 1.65. The Bertz CT molecular complexity index is 940. The normalized spacial score (nSPS) is 13.6. The summed E-state index contributed by atoms with van der Waals surface area (Å²) in [5, 5.41) is 14.1. The first-order chi connectivity index (χ1) is 14.4. The second-order valence-corrected chi connectivity index (χ2v) is 10.4. The zero-order valence-electron chi connectivity index (χ0n) is 17.1. The molecule has 0 aliphatic heterocycles. The van der Waals surface area contributed by atoms with Gasteiger partial charge >= 0.3 is 5.97 Å². The average Bonchev–Trinajstić information content (AvgIpc) is 3.38. The molecule has 0 aromatic carbocycles. The summed E-state index contributed by atoms with van der Waals surface area (Å²) in [6.45, 7) is 5.75. The zero-order chi connectivity index (χ0) is 21.7. The summed E-state index contributed by atoms with van der Waals surface area (Å²) in [5.74, 6) is -0.713. The fourth-order valence-corrected chi connectivity index (χ4v) is 6.24. The van der Waals surface area contributed by atoms with Gasteiger partial charge in [-0.25, -0.2) is 4.79 Å². The van der Waals surface area contributed by atoms with Crippen LogP contribution in [0.4, 0.5) is 10.1 Å². The van der Waals surface area contributed by atoms with Gasteiger partial charge in [0.2, 0.25) is 16.9 Å². The summed E-state index contributed by atoms with van der Waals surface area (Å²) in [4.78, 5) is 38.0. The number of fused-ring (bicyclic) bond motifs is 1. The van der Waals surface area contributed by atoms with Crippen LogP contribution in [0.2, 0.25) is 0 Å². The van der Waals surface area contributed by atoms with E-state index in [1.54, 1.807) is 13.8 Å². The van der Waals surface area contributed by atoms with Crippen LogP contribution >= 0.6 is 34.4 Å². The predicted molar refractivity (Wildman–Crippen MR) is 120 cm³/mol. The maximum atomic E-state index is 12.8. The minimum absolute atomic E-state index is 0.103. The van der Waals surface area contributed by atoms with E-state index in [0.717, 1.165) is 36.1 Å². The molecular formula is C19H24N4O4S3. The van der Waals surface area contributed by atoms with Crippen molar-refractivity contribution in [1.82, 2.24) is 10.2 Å². The van der Waals surface area contributed by atoms with Crippen LogP contribution in [0, 0.1) is 0 Å². The molecule has 1 aliphatic rings. The van der Waals surface area contributed by atoms with Crippen molar-refractivity contribution in [3.8, 4) is 0 Å². The van der Waals surface area contributed by atoms with Gasteiger partial charge in [-0.1, -0.05) is 30.0 Å². The summed E-state index contributed by atoms with van der Waals surface area (Å²) in [6.07, 6.45) is 3.95. The van der Waals surface area contributed by atoms with E-state index in [1.165, 1.54) is 34.4 Å². The number of thioether (sulfide) groups is 1. The van der Waals surface area contributed by atoms with Crippen LogP contribution in [0.25, 0.3) is 0 Å². The molecule has 0 bridgehead atoms. The number of carbonyl (C=O) groups is 3. The predicted octanol–water partition coefficient (Wildman–Crippen LogP) is 4.12. The number of hydrogen-bond acceptors (Lipinski definition) is 9. The van der Waals surface area contributed by atoms with Crippen molar-refractivity contribution in [3.63, 3.8) is 0 Å². The van der Waals surface area contributed by atoms with Crippen molar-refractivity contribution < 1.29 is 19.1 Å². The third-order valence-corrected chi connectivity index (χ3v) is 7.64. The van der Waals surface area contributed by atoms with E-state index in [0.29, 0.717) is 26.5 Å². The van der Waals surface area contributed by atoms with Gasteiger partial charge in [0.25, 0.3) is 0 Å². The zero-order valence-corrected chi connectivity index (χ0v) is 19.5. The van der Waals surface area contributed by atoms with E-state index in [2.05, 4.69) is 20.8 Å². The number of aryl methyl sites for hydroxylation is 1. The number of hydrogen-bond donors (Lipinski definition) is 2. The van der Waals surface area contributed by atoms with E-state index in [-0.39, 0.29) is 24.4 Å². The van der Waals surface area contributed by atoms with Crippen LogP contribution in [0.5, 0.6) is 0 Å². The Morgan fingerprint density at radius 2 is 1.97 bits per heavy atom. The Kier molecular flexibility index (Phi) is 7.84. The molecule has 3 rings (SSSR count). The van der Waals surface area contributed by atoms with E-state index in [4.69, 9.17) is 4.74 Å². The van der Waals surface area contributed by atoms with Gasteiger partial charge in [-0.2, -0.15) is 0 Å². The molecule has 2 aromatic heterocycles. The van der Waals surface area contributed by atoms with E-state index in [9.17, 15) is 14.4 Å². The summed E-state index contributed by atoms with van der Waals surface area (Å²) < 4.78 is 5.79. The molecule has 2 heterocycles. The molecule has 0 fully saturated rings. The standard InChI is InChI=1S/C19H24N4O4S3/c1-4-7-13(24)20-18-22-23-19(30-18)28-10(3)15(25)21-16-14(17(26)27-5-2)11-8-6-9-12(11)29-16/h10H,4-9H2,1-3H3,(H,21,25)(H,20,22,24). The largest absolute Gasteiger partial charge is 0.462 e. The van der Waals surface area contributed by atoms with Crippen LogP contribution in [0.3, 0.4) is 0 Å². The lowest BCUT2D eigenvalue weighted by atomic mass is 10.1. The number of aromatic nitrogens is 2. The fraction of sp³-hybridized carbons (Fsp3) is 0.526. The van der Waals surface area contributed by atoms with Gasteiger partial charge < -0.3 is 15.4 Å². The Morgan fingerprint density at radius 1 is 1.17 bits per heavy atom. The number of nitrogens with zero attached hydrogens (tertiary/aromatic N) is 2. The van der Waals surface area contributed by atoms with Crippen molar-refractivity contribution in [1.29, 1.82) is 0 Å². The molecule has 2 aromatic rings. The number of rotatable bonds is 9. The van der Waals surface area contributed by atoms with Crippen LogP contribution < -0.4 is 10.6 Å². The molecule has 0 saturated carbocycles. The van der Waals surface area contributed by atoms with Gasteiger partial charge in [-0.15, -0.1) is 21.5 Å². The summed E-state index contributed by atoms with van der Waals surface area (Å²) >= 11 is 3.94. The summed E-state index contributed by atoms with van der Waals surface area (Å²) in [6, 6.07) is 0. The number of amides is 2. The van der Waals surface area contributed by atoms with E-state index >= 15 is 0 Å². The number of esters is 1. The first-order valence-electron chi connectivity index (χ1n) is 9.85. The van der Waals surface area contributed by atoms with Crippen LogP contribution in [0.15, 0.2) is 4.34 Å². The second kappa shape index (κ2) is 10.4. The molecule has 1 aliphatic carbocycles. The highest BCUT2D eigenvalue weighted by molar-refractivity contribution is 8.02. The maximum absolute atomic E-state index is 12.8. The minimum Gasteiger partial charge on any atom is -0.462 e. The van der Waals surface area contributed by atoms with Crippen LogP contribution in [-0.2, 0) is 27.2 Å². The fourth-order valence-electron chi connectivity index (χ4n) is 3.05. The Hall–Kier alpha value is -1.98. The van der Waals surface area contributed by atoms with Crippen molar-refractivity contribution in [2.45, 2.75) is 62.5 Å². The van der Waals surface area contributed by atoms with Crippen LogP contribution in [0.1, 0.15) is 60.8 Å². The van der Waals surface area contributed by atoms with E-state index in [1.807, 2.05) is 6.92 Å². The minimum atomic E-state index is -0.455. The lowest BCUT2D eigenvalue weighted by Crippen LogP contribution is -2.23. The van der Waals surface area contributed by atoms with Gasteiger partial charge in [0.15, 0.2) is 4.34 Å². The third-order valence-electron chi connectivity index (χ3n) is 4.41. The maximum Gasteiger partial charge on any atom is 0.341 e. The number of nitrogens with one attached hydrogen (secondary N) is 2. The third kappa shape index (κ3) is 5.38. The Morgan fingerprint density at radius 3 is 2.70 bits per heavy atom. The summed E-state index contributed by atoms with van der Waals surface area (Å²) in [7, 11) is 0. The molecule has 1 atom stereocenters. The lowest BCUT2D eigenvalue weighted by Gasteiger charge is -2.11. The number of carbonyl (C=O) groups excluding carboxylic acids is 3. The molecule has 2 amide bonds. The van der Waals surface area contributed by atoms with Crippen LogP contribution in [-0.4, -0.2) is 39.8 Å². The molecule has 1 unspecified atom stereocenters. The van der Waals surface area contributed by atoms with Gasteiger partial charge in [0.05, 0.1) is 17.4 Å². The lowest BCUT2D eigenvalue weighted by molar-refractivity contribution is -0.116. The monoisotopic (exact) mass is 468 g/mol. The van der Waals surface area contributed by atoms with Crippen molar-refractivity contribution in [3.05, 3.63) is 16.0 Å². The quantitative estimate of drug-likeness (QED) is 0.323.